The molecule has 0 spiro atoms. The Hall–Kier alpha value is -1.67. The van der Waals surface area contributed by atoms with Gasteiger partial charge >= 0.3 is 0 Å². The lowest BCUT2D eigenvalue weighted by atomic mass is 10.2. The first-order valence-electron chi connectivity index (χ1n) is 5.02. The van der Waals surface area contributed by atoms with Crippen molar-refractivity contribution in [1.82, 2.24) is 9.97 Å². The summed E-state index contributed by atoms with van der Waals surface area (Å²) in [7, 11) is 0. The van der Waals surface area contributed by atoms with Crippen LogP contribution in [0.2, 0.25) is 0 Å². The number of rotatable bonds is 4. The van der Waals surface area contributed by atoms with Gasteiger partial charge in [-0.15, -0.1) is 0 Å². The van der Waals surface area contributed by atoms with Gasteiger partial charge in [-0.05, 0) is 18.8 Å². The van der Waals surface area contributed by atoms with E-state index >= 15 is 0 Å². The summed E-state index contributed by atoms with van der Waals surface area (Å²) in [6.45, 7) is 0.651. The van der Waals surface area contributed by atoms with Crippen molar-refractivity contribution < 1.29 is 0 Å². The first-order chi connectivity index (χ1) is 7.31. The van der Waals surface area contributed by atoms with E-state index < -0.39 is 0 Å². The average molecular weight is 203 g/mol. The Kier molecular flexibility index (Phi) is 2.79. The zero-order chi connectivity index (χ0) is 10.7. The van der Waals surface area contributed by atoms with E-state index in [0.717, 1.165) is 0 Å². The van der Waals surface area contributed by atoms with E-state index in [2.05, 4.69) is 15.3 Å². The van der Waals surface area contributed by atoms with Crippen LogP contribution in [0.3, 0.4) is 0 Å². The maximum Gasteiger partial charge on any atom is 0.182 e. The molecule has 0 bridgehead atoms. The Morgan fingerprint density at radius 1 is 1.53 bits per heavy atom. The molecule has 1 atom stereocenters. The number of hydrogen-bond acceptors (Lipinski definition) is 5. The molecule has 0 aromatic carbocycles. The fraction of sp³-hybridized carbons (Fsp3) is 0.500. The van der Waals surface area contributed by atoms with Crippen molar-refractivity contribution in [3.8, 4) is 6.07 Å². The van der Waals surface area contributed by atoms with E-state index in [4.69, 9.17) is 11.0 Å². The molecule has 5 nitrogen and oxygen atoms in total. The van der Waals surface area contributed by atoms with Crippen molar-refractivity contribution in [3.05, 3.63) is 18.1 Å². The van der Waals surface area contributed by atoms with Crippen LogP contribution in [0.15, 0.2) is 12.4 Å². The zero-order valence-corrected chi connectivity index (χ0v) is 8.35. The van der Waals surface area contributed by atoms with Crippen molar-refractivity contribution >= 4 is 5.82 Å². The quantitative estimate of drug-likeness (QED) is 0.743. The highest BCUT2D eigenvalue weighted by Gasteiger charge is 2.28. The summed E-state index contributed by atoms with van der Waals surface area (Å²) in [6, 6.07) is 2.14. The van der Waals surface area contributed by atoms with Gasteiger partial charge < -0.3 is 11.1 Å². The lowest BCUT2D eigenvalue weighted by Crippen LogP contribution is -2.31. The maximum atomic E-state index is 8.78. The minimum absolute atomic E-state index is 0.151. The zero-order valence-electron chi connectivity index (χ0n) is 8.35. The van der Waals surface area contributed by atoms with Crippen LogP contribution >= 0.6 is 0 Å². The molecule has 0 amide bonds. The van der Waals surface area contributed by atoms with Gasteiger partial charge in [-0.3, -0.25) is 0 Å². The minimum atomic E-state index is 0.151. The molecule has 5 heteroatoms. The molecule has 1 aromatic heterocycles. The summed E-state index contributed by atoms with van der Waals surface area (Å²) >= 11 is 0. The molecule has 1 fully saturated rings. The molecule has 3 N–H and O–H groups in total. The SMILES string of the molecule is N#Cc1nccnc1NCC(N)C1CC1. The molecule has 1 unspecified atom stereocenters. The summed E-state index contributed by atoms with van der Waals surface area (Å²) in [4.78, 5) is 7.96. The van der Waals surface area contributed by atoms with Crippen LogP contribution in [0, 0.1) is 17.2 Å². The van der Waals surface area contributed by atoms with Crippen LogP contribution in [-0.4, -0.2) is 22.6 Å². The Morgan fingerprint density at radius 2 is 2.27 bits per heavy atom. The highest BCUT2D eigenvalue weighted by Crippen LogP contribution is 2.31. The molecule has 2 rings (SSSR count). The van der Waals surface area contributed by atoms with Crippen LogP contribution in [0.1, 0.15) is 18.5 Å². The predicted octanol–water partition coefficient (Wildman–Crippen LogP) is 0.497. The second-order valence-electron chi connectivity index (χ2n) is 3.75. The highest BCUT2D eigenvalue weighted by atomic mass is 15.0. The third-order valence-electron chi connectivity index (χ3n) is 2.54. The molecule has 1 heterocycles. The fourth-order valence-corrected chi connectivity index (χ4v) is 1.45. The molecular weight excluding hydrogens is 190 g/mol. The third kappa shape index (κ3) is 2.42. The molecule has 0 radical (unpaired) electrons. The van der Waals surface area contributed by atoms with Crippen molar-refractivity contribution in [2.45, 2.75) is 18.9 Å². The Morgan fingerprint density at radius 3 is 2.93 bits per heavy atom. The Bertz CT molecular complexity index is 380. The summed E-state index contributed by atoms with van der Waals surface area (Å²) in [5.41, 5.74) is 6.24. The lowest BCUT2D eigenvalue weighted by Gasteiger charge is -2.11. The number of anilines is 1. The van der Waals surface area contributed by atoms with Gasteiger partial charge in [0.05, 0.1) is 0 Å². The smallest absolute Gasteiger partial charge is 0.182 e. The van der Waals surface area contributed by atoms with E-state index in [0.29, 0.717) is 24.0 Å². The molecule has 1 aliphatic carbocycles. The van der Waals surface area contributed by atoms with E-state index in [9.17, 15) is 0 Å². The minimum Gasteiger partial charge on any atom is -0.366 e. The van der Waals surface area contributed by atoms with Gasteiger partial charge in [0.25, 0.3) is 0 Å². The average Bonchev–Trinajstić information content (AvgIpc) is 3.10. The molecule has 78 valence electrons. The van der Waals surface area contributed by atoms with E-state index in [1.807, 2.05) is 6.07 Å². The van der Waals surface area contributed by atoms with Gasteiger partial charge in [0.2, 0.25) is 0 Å². The number of nitrogens with one attached hydrogen (secondary N) is 1. The van der Waals surface area contributed by atoms with Gasteiger partial charge in [-0.25, -0.2) is 9.97 Å². The van der Waals surface area contributed by atoms with Gasteiger partial charge in [0, 0.05) is 25.0 Å². The summed E-state index contributed by atoms with van der Waals surface area (Å²) in [6.07, 6.45) is 5.50. The van der Waals surface area contributed by atoms with Crippen molar-refractivity contribution in [2.24, 2.45) is 11.7 Å². The van der Waals surface area contributed by atoms with Crippen LogP contribution in [0.5, 0.6) is 0 Å². The number of aromatic nitrogens is 2. The van der Waals surface area contributed by atoms with E-state index in [1.54, 1.807) is 6.20 Å². The molecule has 1 aromatic rings. The molecule has 0 aliphatic heterocycles. The van der Waals surface area contributed by atoms with Crippen LogP contribution in [0.4, 0.5) is 5.82 Å². The monoisotopic (exact) mass is 203 g/mol. The number of nitriles is 1. The lowest BCUT2D eigenvalue weighted by molar-refractivity contribution is 0.619. The van der Waals surface area contributed by atoms with Crippen LogP contribution in [0.25, 0.3) is 0 Å². The van der Waals surface area contributed by atoms with Gasteiger partial charge in [-0.2, -0.15) is 5.26 Å². The number of nitrogens with two attached hydrogens (primary N) is 1. The van der Waals surface area contributed by atoms with Crippen molar-refractivity contribution in [3.63, 3.8) is 0 Å². The van der Waals surface area contributed by atoms with Crippen LogP contribution < -0.4 is 11.1 Å². The third-order valence-corrected chi connectivity index (χ3v) is 2.54. The van der Waals surface area contributed by atoms with Crippen LogP contribution in [-0.2, 0) is 0 Å². The molecule has 1 saturated carbocycles. The standard InChI is InChI=1S/C10H13N5/c11-5-9-10(14-4-3-13-9)15-6-8(12)7-1-2-7/h3-4,7-8H,1-2,6,12H2,(H,14,15). The van der Waals surface area contributed by atoms with Crippen molar-refractivity contribution in [1.29, 1.82) is 5.26 Å². The van der Waals surface area contributed by atoms with E-state index in [1.165, 1.54) is 19.0 Å². The first-order valence-corrected chi connectivity index (χ1v) is 5.02. The highest BCUT2D eigenvalue weighted by molar-refractivity contribution is 5.46. The Labute approximate surface area is 88.3 Å². The second kappa shape index (κ2) is 4.24. The maximum absolute atomic E-state index is 8.78. The molecule has 0 saturated heterocycles. The summed E-state index contributed by atoms with van der Waals surface area (Å²) < 4.78 is 0. The molecule has 1 aliphatic rings. The largest absolute Gasteiger partial charge is 0.366 e. The molecular formula is C10H13N5. The summed E-state index contributed by atoms with van der Waals surface area (Å²) in [5, 5.41) is 11.8. The molecule has 15 heavy (non-hydrogen) atoms. The first kappa shape index (κ1) is 9.87. The van der Waals surface area contributed by atoms with Gasteiger partial charge in [0.1, 0.15) is 6.07 Å². The van der Waals surface area contributed by atoms with Gasteiger partial charge in [-0.1, -0.05) is 0 Å². The van der Waals surface area contributed by atoms with Gasteiger partial charge in [0.15, 0.2) is 11.5 Å². The Balaban J connectivity index is 1.95. The summed E-state index contributed by atoms with van der Waals surface area (Å²) in [5.74, 6) is 1.16. The number of nitrogens with zero attached hydrogens (tertiary/aromatic N) is 3. The number of hydrogen-bond donors (Lipinski definition) is 2. The normalized spacial score (nSPS) is 16.8. The van der Waals surface area contributed by atoms with E-state index in [-0.39, 0.29) is 6.04 Å². The van der Waals surface area contributed by atoms with Crippen molar-refractivity contribution in [2.75, 3.05) is 11.9 Å². The predicted molar refractivity (Wildman–Crippen MR) is 55.9 cm³/mol. The topological polar surface area (TPSA) is 87.6 Å². The second-order valence-corrected chi connectivity index (χ2v) is 3.75. The fourth-order valence-electron chi connectivity index (χ4n) is 1.45.